The van der Waals surface area contributed by atoms with Gasteiger partial charge in [0.25, 0.3) is 0 Å². The molecule has 1 aliphatic rings. The van der Waals surface area contributed by atoms with E-state index in [1.165, 1.54) is 18.2 Å². The molecule has 3 aromatic rings. The van der Waals surface area contributed by atoms with Gasteiger partial charge in [0.05, 0.1) is 10.6 Å². The van der Waals surface area contributed by atoms with Crippen LogP contribution in [0.15, 0.2) is 60.4 Å². The summed E-state index contributed by atoms with van der Waals surface area (Å²) < 4.78 is 25.7. The highest BCUT2D eigenvalue weighted by molar-refractivity contribution is 6.32. The largest absolute Gasteiger partial charge is 0.488 e. The Morgan fingerprint density at radius 1 is 1.03 bits per heavy atom. The fraction of sp³-hybridized carbons (Fsp3) is 0.0870. The van der Waals surface area contributed by atoms with Gasteiger partial charge in [0.1, 0.15) is 23.9 Å². The van der Waals surface area contributed by atoms with Crippen LogP contribution < -0.4 is 9.47 Å². The van der Waals surface area contributed by atoms with E-state index in [-0.39, 0.29) is 28.7 Å². The van der Waals surface area contributed by atoms with E-state index >= 15 is 0 Å². The number of hydrogen-bond donors (Lipinski definition) is 0. The molecular weight excluding hydrogens is 414 g/mol. The Kier molecular flexibility index (Phi) is 5.31. The summed E-state index contributed by atoms with van der Waals surface area (Å²) in [6.07, 6.45) is 1.32. The van der Waals surface area contributed by atoms with Crippen molar-refractivity contribution >= 4 is 35.1 Å². The van der Waals surface area contributed by atoms with Crippen molar-refractivity contribution in [2.45, 2.75) is 13.5 Å². The van der Waals surface area contributed by atoms with Gasteiger partial charge in [-0.3, -0.25) is 4.79 Å². The van der Waals surface area contributed by atoms with Crippen LogP contribution in [0.2, 0.25) is 10.0 Å². The fourth-order valence-electron chi connectivity index (χ4n) is 3.07. The van der Waals surface area contributed by atoms with Crippen LogP contribution in [0, 0.1) is 12.7 Å². The van der Waals surface area contributed by atoms with E-state index in [0.29, 0.717) is 27.6 Å². The molecule has 29 heavy (non-hydrogen) atoms. The average molecular weight is 429 g/mol. The van der Waals surface area contributed by atoms with Gasteiger partial charge in [0.2, 0.25) is 5.78 Å². The van der Waals surface area contributed by atoms with E-state index in [1.807, 2.05) is 18.2 Å². The first-order chi connectivity index (χ1) is 14.0. The van der Waals surface area contributed by atoms with E-state index < -0.39 is 5.82 Å². The van der Waals surface area contributed by atoms with Crippen LogP contribution in [-0.4, -0.2) is 5.78 Å². The molecule has 3 aromatic carbocycles. The van der Waals surface area contributed by atoms with Crippen LogP contribution in [-0.2, 0) is 6.61 Å². The number of ether oxygens (including phenoxy) is 2. The summed E-state index contributed by atoms with van der Waals surface area (Å²) in [5.41, 5.74) is 2.02. The number of Topliss-reactive ketones (excluding diaryl/α,β-unsaturated/α-hetero) is 1. The Morgan fingerprint density at radius 2 is 1.79 bits per heavy atom. The van der Waals surface area contributed by atoms with E-state index in [9.17, 15) is 9.18 Å². The Hall–Kier alpha value is -2.82. The maximum atomic E-state index is 14.1. The normalized spacial score (nSPS) is 14.1. The molecule has 6 heteroatoms. The molecule has 0 atom stereocenters. The lowest BCUT2D eigenvalue weighted by atomic mass is 10.1. The van der Waals surface area contributed by atoms with Crippen LogP contribution in [0.5, 0.6) is 11.5 Å². The third kappa shape index (κ3) is 3.74. The van der Waals surface area contributed by atoms with Crippen molar-refractivity contribution in [3.63, 3.8) is 0 Å². The van der Waals surface area contributed by atoms with Crippen molar-refractivity contribution in [3.05, 3.63) is 98.5 Å². The SMILES string of the molecule is Cc1c(OCc2ccccc2Cl)ccc2c1O/C(=C\c1c(F)cccc1Cl)C2=O. The molecule has 0 N–H and O–H groups in total. The topological polar surface area (TPSA) is 35.5 Å². The first kappa shape index (κ1) is 19.5. The lowest BCUT2D eigenvalue weighted by Crippen LogP contribution is -1.99. The van der Waals surface area contributed by atoms with Gasteiger partial charge in [0, 0.05) is 21.7 Å². The zero-order valence-corrected chi connectivity index (χ0v) is 16.9. The van der Waals surface area contributed by atoms with Gasteiger partial charge in [-0.25, -0.2) is 4.39 Å². The number of hydrogen-bond acceptors (Lipinski definition) is 3. The zero-order valence-electron chi connectivity index (χ0n) is 15.3. The molecule has 0 fully saturated rings. The summed E-state index contributed by atoms with van der Waals surface area (Å²) in [6, 6.07) is 15.1. The number of carbonyl (C=O) groups is 1. The molecule has 0 radical (unpaired) electrons. The second kappa shape index (κ2) is 7.90. The van der Waals surface area contributed by atoms with Gasteiger partial charge in [0.15, 0.2) is 5.76 Å². The number of rotatable bonds is 4. The van der Waals surface area contributed by atoms with Gasteiger partial charge in [-0.2, -0.15) is 0 Å². The Morgan fingerprint density at radius 3 is 2.55 bits per heavy atom. The minimum atomic E-state index is -0.530. The Balaban J connectivity index is 1.62. The molecule has 146 valence electrons. The number of benzene rings is 3. The number of carbonyl (C=O) groups excluding carboxylic acids is 1. The quantitative estimate of drug-likeness (QED) is 0.437. The van der Waals surface area contributed by atoms with Gasteiger partial charge in [-0.05, 0) is 43.3 Å². The summed E-state index contributed by atoms with van der Waals surface area (Å²) >= 11 is 12.2. The molecule has 3 nitrogen and oxygen atoms in total. The molecule has 0 aromatic heterocycles. The molecular formula is C23H15Cl2FO3. The average Bonchev–Trinajstić information content (AvgIpc) is 3.02. The van der Waals surface area contributed by atoms with Crippen LogP contribution in [0.1, 0.15) is 27.0 Å². The predicted octanol–water partition coefficient (Wildman–Crippen LogP) is 6.64. The Bertz CT molecular complexity index is 1130. The minimum Gasteiger partial charge on any atom is -0.488 e. The monoisotopic (exact) mass is 428 g/mol. The third-order valence-electron chi connectivity index (χ3n) is 4.65. The highest BCUT2D eigenvalue weighted by Crippen LogP contribution is 2.40. The Labute approximate surface area is 177 Å². The summed E-state index contributed by atoms with van der Waals surface area (Å²) in [7, 11) is 0. The van der Waals surface area contributed by atoms with Crippen molar-refractivity contribution in [3.8, 4) is 11.5 Å². The summed E-state index contributed by atoms with van der Waals surface area (Å²) in [4.78, 5) is 12.7. The second-order valence-corrected chi connectivity index (χ2v) is 7.33. The molecule has 0 amide bonds. The van der Waals surface area contributed by atoms with Crippen molar-refractivity contribution in [2.24, 2.45) is 0 Å². The lowest BCUT2D eigenvalue weighted by molar-refractivity contribution is 0.101. The zero-order chi connectivity index (χ0) is 20.5. The molecule has 4 rings (SSSR count). The third-order valence-corrected chi connectivity index (χ3v) is 5.35. The number of fused-ring (bicyclic) bond motifs is 1. The van der Waals surface area contributed by atoms with Crippen molar-refractivity contribution in [1.82, 2.24) is 0 Å². The number of halogens is 3. The van der Waals surface area contributed by atoms with Crippen LogP contribution >= 0.6 is 23.2 Å². The molecule has 0 unspecified atom stereocenters. The van der Waals surface area contributed by atoms with E-state index in [0.717, 1.165) is 5.56 Å². The van der Waals surface area contributed by atoms with Gasteiger partial charge < -0.3 is 9.47 Å². The lowest BCUT2D eigenvalue weighted by Gasteiger charge is -2.12. The van der Waals surface area contributed by atoms with Crippen LogP contribution in [0.3, 0.4) is 0 Å². The number of ketones is 1. The highest BCUT2D eigenvalue weighted by atomic mass is 35.5. The predicted molar refractivity (Wildman–Crippen MR) is 111 cm³/mol. The van der Waals surface area contributed by atoms with Crippen molar-refractivity contribution in [2.75, 3.05) is 0 Å². The van der Waals surface area contributed by atoms with Gasteiger partial charge >= 0.3 is 0 Å². The highest BCUT2D eigenvalue weighted by Gasteiger charge is 2.30. The summed E-state index contributed by atoms with van der Waals surface area (Å²) in [5, 5.41) is 0.815. The number of allylic oxidation sites excluding steroid dienone is 1. The molecule has 0 saturated heterocycles. The maximum Gasteiger partial charge on any atom is 0.231 e. The van der Waals surface area contributed by atoms with Gasteiger partial charge in [-0.1, -0.05) is 47.5 Å². The first-order valence-corrected chi connectivity index (χ1v) is 9.59. The maximum absolute atomic E-state index is 14.1. The molecule has 0 saturated carbocycles. The fourth-order valence-corrected chi connectivity index (χ4v) is 3.48. The van der Waals surface area contributed by atoms with Crippen molar-refractivity contribution in [1.29, 1.82) is 0 Å². The minimum absolute atomic E-state index is 0.0124. The van der Waals surface area contributed by atoms with E-state index in [1.54, 1.807) is 31.2 Å². The van der Waals surface area contributed by atoms with Gasteiger partial charge in [-0.15, -0.1) is 0 Å². The first-order valence-electron chi connectivity index (χ1n) is 8.84. The molecule has 0 aliphatic carbocycles. The smallest absolute Gasteiger partial charge is 0.231 e. The second-order valence-electron chi connectivity index (χ2n) is 6.52. The molecule has 0 spiro atoms. The molecule has 1 aliphatic heterocycles. The molecule has 0 bridgehead atoms. The summed E-state index contributed by atoms with van der Waals surface area (Å²) in [6.45, 7) is 2.08. The molecule has 1 heterocycles. The standard InChI is InChI=1S/C23H15Cl2FO3/c1-13-20(28-12-14-5-2-3-6-17(14)24)10-9-15-22(27)21(29-23(13)15)11-16-18(25)7-4-8-19(16)26/h2-11H,12H2,1H3/b21-11-. The van der Waals surface area contributed by atoms with Crippen molar-refractivity contribution < 1.29 is 18.7 Å². The van der Waals surface area contributed by atoms with Crippen LogP contribution in [0.4, 0.5) is 4.39 Å². The van der Waals surface area contributed by atoms with Crippen LogP contribution in [0.25, 0.3) is 6.08 Å². The van der Waals surface area contributed by atoms with E-state index in [2.05, 4.69) is 0 Å². The van der Waals surface area contributed by atoms with E-state index in [4.69, 9.17) is 32.7 Å². The summed E-state index contributed by atoms with van der Waals surface area (Å²) in [5.74, 6) is 0.114.